The van der Waals surface area contributed by atoms with Crippen LogP contribution in [0.2, 0.25) is 5.02 Å². The zero-order valence-corrected chi connectivity index (χ0v) is 14.7. The predicted octanol–water partition coefficient (Wildman–Crippen LogP) is 5.80. The number of aromatic nitrogens is 3. The van der Waals surface area contributed by atoms with E-state index in [-0.39, 0.29) is 11.6 Å². The van der Waals surface area contributed by atoms with Crippen LogP contribution >= 0.6 is 11.6 Å². The molecule has 1 heterocycles. The maximum absolute atomic E-state index is 13.3. The molecule has 0 N–H and O–H groups in total. The van der Waals surface area contributed by atoms with Crippen LogP contribution in [0.1, 0.15) is 0 Å². The fraction of sp³-hybridized carbons (Fsp3) is 0. The highest BCUT2D eigenvalue weighted by molar-refractivity contribution is 6.30. The van der Waals surface area contributed by atoms with Crippen molar-refractivity contribution in [1.82, 2.24) is 15.0 Å². The van der Waals surface area contributed by atoms with Gasteiger partial charge in [-0.1, -0.05) is 23.7 Å². The Hall–Kier alpha value is -3.18. The maximum Gasteiger partial charge on any atom is 0.164 e. The van der Waals surface area contributed by atoms with E-state index in [4.69, 9.17) is 11.6 Å². The lowest BCUT2D eigenvalue weighted by molar-refractivity contribution is 0.627. The van der Waals surface area contributed by atoms with Gasteiger partial charge in [-0.2, -0.15) is 0 Å². The summed E-state index contributed by atoms with van der Waals surface area (Å²) in [6, 6.07) is 18.9. The second-order valence-electron chi connectivity index (χ2n) is 5.83. The minimum atomic E-state index is -0.346. The Bertz CT molecular complexity index is 1030. The van der Waals surface area contributed by atoms with Crippen molar-refractivity contribution in [1.29, 1.82) is 0 Å². The summed E-state index contributed by atoms with van der Waals surface area (Å²) >= 11 is 6.09. The average Bonchev–Trinajstić information content (AvgIpc) is 2.69. The van der Waals surface area contributed by atoms with Crippen LogP contribution < -0.4 is 0 Å². The molecule has 0 aliphatic carbocycles. The number of hydrogen-bond donors (Lipinski definition) is 0. The highest BCUT2D eigenvalue weighted by atomic mass is 35.5. The minimum absolute atomic E-state index is 0.346. The number of rotatable bonds is 3. The Labute approximate surface area is 159 Å². The highest BCUT2D eigenvalue weighted by Crippen LogP contribution is 2.26. The molecule has 0 amide bonds. The van der Waals surface area contributed by atoms with Crippen LogP contribution in [0, 0.1) is 11.6 Å². The van der Waals surface area contributed by atoms with Crippen LogP contribution in [0.15, 0.2) is 72.8 Å². The Morgan fingerprint density at radius 3 is 1.44 bits per heavy atom. The fourth-order valence-electron chi connectivity index (χ4n) is 2.59. The summed E-state index contributed by atoms with van der Waals surface area (Å²) in [5.41, 5.74) is 2.01. The van der Waals surface area contributed by atoms with E-state index >= 15 is 0 Å². The minimum Gasteiger partial charge on any atom is -0.208 e. The van der Waals surface area contributed by atoms with Gasteiger partial charge in [0.15, 0.2) is 17.5 Å². The molecular weight excluding hydrogens is 368 g/mol. The van der Waals surface area contributed by atoms with Gasteiger partial charge in [0.1, 0.15) is 11.6 Å². The second-order valence-corrected chi connectivity index (χ2v) is 6.27. The third-order valence-electron chi connectivity index (χ3n) is 3.92. The number of halogens is 3. The van der Waals surface area contributed by atoms with Crippen molar-refractivity contribution in [2.24, 2.45) is 0 Å². The van der Waals surface area contributed by atoms with Gasteiger partial charge in [0.25, 0.3) is 0 Å². The SMILES string of the molecule is Fc1ccc(-c2nc(-c3ccc(F)cc3)nc(-c3cccc(Cl)c3)n2)cc1. The molecule has 0 radical (unpaired) electrons. The van der Waals surface area contributed by atoms with Gasteiger partial charge in [0.2, 0.25) is 0 Å². The molecule has 0 aliphatic heterocycles. The molecule has 0 saturated carbocycles. The summed E-state index contributed by atoms with van der Waals surface area (Å²) in [6.45, 7) is 0. The molecule has 0 atom stereocenters. The summed E-state index contributed by atoms with van der Waals surface area (Å²) in [5, 5.41) is 0.555. The average molecular weight is 380 g/mol. The third-order valence-corrected chi connectivity index (χ3v) is 4.16. The van der Waals surface area contributed by atoms with E-state index in [1.54, 1.807) is 42.5 Å². The zero-order chi connectivity index (χ0) is 18.8. The quantitative estimate of drug-likeness (QED) is 0.451. The van der Waals surface area contributed by atoms with E-state index in [1.165, 1.54) is 24.3 Å². The smallest absolute Gasteiger partial charge is 0.164 e. The number of nitrogens with zero attached hydrogens (tertiary/aromatic N) is 3. The van der Waals surface area contributed by atoms with Crippen molar-refractivity contribution in [3.8, 4) is 34.2 Å². The van der Waals surface area contributed by atoms with E-state index in [2.05, 4.69) is 15.0 Å². The van der Waals surface area contributed by atoms with Crippen molar-refractivity contribution in [2.45, 2.75) is 0 Å². The van der Waals surface area contributed by atoms with Crippen LogP contribution in [0.4, 0.5) is 8.78 Å². The topological polar surface area (TPSA) is 38.7 Å². The van der Waals surface area contributed by atoms with Gasteiger partial charge in [0, 0.05) is 21.7 Å². The summed E-state index contributed by atoms with van der Waals surface area (Å²) in [6.07, 6.45) is 0. The molecule has 27 heavy (non-hydrogen) atoms. The number of hydrogen-bond acceptors (Lipinski definition) is 3. The largest absolute Gasteiger partial charge is 0.208 e. The molecule has 6 heteroatoms. The summed E-state index contributed by atoms with van der Waals surface area (Å²) in [4.78, 5) is 13.5. The van der Waals surface area contributed by atoms with E-state index in [0.29, 0.717) is 33.6 Å². The van der Waals surface area contributed by atoms with Crippen molar-refractivity contribution < 1.29 is 8.78 Å². The second kappa shape index (κ2) is 7.21. The predicted molar refractivity (Wildman–Crippen MR) is 101 cm³/mol. The zero-order valence-electron chi connectivity index (χ0n) is 13.9. The molecule has 0 saturated heterocycles. The molecular formula is C21H12ClF2N3. The Morgan fingerprint density at radius 1 is 0.556 bits per heavy atom. The first kappa shape index (κ1) is 17.2. The monoisotopic (exact) mass is 379 g/mol. The normalized spacial score (nSPS) is 10.8. The van der Waals surface area contributed by atoms with E-state index in [0.717, 1.165) is 5.56 Å². The lowest BCUT2D eigenvalue weighted by atomic mass is 10.1. The van der Waals surface area contributed by atoms with Gasteiger partial charge in [-0.25, -0.2) is 23.7 Å². The van der Waals surface area contributed by atoms with Gasteiger partial charge in [-0.15, -0.1) is 0 Å². The van der Waals surface area contributed by atoms with Gasteiger partial charge < -0.3 is 0 Å². The lowest BCUT2D eigenvalue weighted by Crippen LogP contribution is -2.00. The molecule has 0 fully saturated rings. The van der Waals surface area contributed by atoms with Crippen LogP contribution in [0.5, 0.6) is 0 Å². The van der Waals surface area contributed by atoms with Crippen LogP contribution in [-0.2, 0) is 0 Å². The molecule has 132 valence electrons. The molecule has 4 rings (SSSR count). The van der Waals surface area contributed by atoms with Gasteiger partial charge >= 0.3 is 0 Å². The first-order valence-electron chi connectivity index (χ1n) is 8.12. The van der Waals surface area contributed by atoms with E-state index < -0.39 is 0 Å². The highest BCUT2D eigenvalue weighted by Gasteiger charge is 2.12. The molecule has 3 aromatic carbocycles. The van der Waals surface area contributed by atoms with E-state index in [1.807, 2.05) is 6.07 Å². The summed E-state index contributed by atoms with van der Waals surface area (Å²) in [7, 11) is 0. The van der Waals surface area contributed by atoms with Crippen LogP contribution in [0.25, 0.3) is 34.2 Å². The van der Waals surface area contributed by atoms with Crippen LogP contribution in [-0.4, -0.2) is 15.0 Å². The first-order valence-corrected chi connectivity index (χ1v) is 8.50. The van der Waals surface area contributed by atoms with Gasteiger partial charge in [0.05, 0.1) is 0 Å². The van der Waals surface area contributed by atoms with Crippen molar-refractivity contribution in [3.63, 3.8) is 0 Å². The maximum atomic E-state index is 13.3. The standard InChI is InChI=1S/C21H12ClF2N3/c22-16-3-1-2-15(12-16)21-26-19(13-4-8-17(23)9-5-13)25-20(27-21)14-6-10-18(24)11-7-14/h1-12H. The van der Waals surface area contributed by atoms with Gasteiger partial charge in [-0.05, 0) is 60.7 Å². The molecule has 0 aliphatic rings. The fourth-order valence-corrected chi connectivity index (χ4v) is 2.78. The molecule has 0 unspecified atom stereocenters. The van der Waals surface area contributed by atoms with Gasteiger partial charge in [-0.3, -0.25) is 0 Å². The lowest BCUT2D eigenvalue weighted by Gasteiger charge is -2.08. The van der Waals surface area contributed by atoms with E-state index in [9.17, 15) is 8.78 Å². The van der Waals surface area contributed by atoms with Crippen LogP contribution in [0.3, 0.4) is 0 Å². The Morgan fingerprint density at radius 2 is 1.00 bits per heavy atom. The third kappa shape index (κ3) is 3.83. The molecule has 3 nitrogen and oxygen atoms in total. The molecule has 0 spiro atoms. The molecule has 1 aromatic heterocycles. The van der Waals surface area contributed by atoms with Crippen molar-refractivity contribution in [3.05, 3.63) is 89.5 Å². The summed E-state index contributed by atoms with van der Waals surface area (Å²) < 4.78 is 26.5. The Kier molecular flexibility index (Phi) is 4.60. The molecule has 4 aromatic rings. The Balaban J connectivity index is 1.90. The van der Waals surface area contributed by atoms with Crippen molar-refractivity contribution >= 4 is 11.6 Å². The summed E-state index contributed by atoms with van der Waals surface area (Å²) in [5.74, 6) is 0.507. The number of benzene rings is 3. The van der Waals surface area contributed by atoms with Crippen molar-refractivity contribution in [2.75, 3.05) is 0 Å². The first-order chi connectivity index (χ1) is 13.1. The molecule has 0 bridgehead atoms.